The molecule has 20 heavy (non-hydrogen) atoms. The van der Waals surface area contributed by atoms with Crippen molar-refractivity contribution in [2.45, 2.75) is 58.0 Å². The lowest BCUT2D eigenvalue weighted by atomic mass is 9.91. The van der Waals surface area contributed by atoms with Crippen LogP contribution >= 0.6 is 0 Å². The molecule has 112 valence electrons. The Balaban J connectivity index is 1.92. The molecular formula is C18H29NO. The van der Waals surface area contributed by atoms with Gasteiger partial charge in [-0.2, -0.15) is 0 Å². The molecule has 0 saturated carbocycles. The third-order valence-corrected chi connectivity index (χ3v) is 4.19. The number of hydrogen-bond donors (Lipinski definition) is 1. The van der Waals surface area contributed by atoms with E-state index in [4.69, 9.17) is 4.74 Å². The second kappa shape index (κ2) is 8.43. The van der Waals surface area contributed by atoms with Crippen LogP contribution in [0.25, 0.3) is 0 Å². The summed E-state index contributed by atoms with van der Waals surface area (Å²) in [5.74, 6) is 0.616. The molecule has 1 aliphatic rings. The van der Waals surface area contributed by atoms with Crippen LogP contribution < -0.4 is 5.32 Å². The zero-order valence-electron chi connectivity index (χ0n) is 13.0. The Morgan fingerprint density at radius 2 is 2.30 bits per heavy atom. The first-order valence-corrected chi connectivity index (χ1v) is 8.18. The van der Waals surface area contributed by atoms with Gasteiger partial charge in [-0.15, -0.1) is 0 Å². The van der Waals surface area contributed by atoms with Crippen molar-refractivity contribution in [2.75, 3.05) is 19.7 Å². The number of rotatable bonds is 8. The van der Waals surface area contributed by atoms with Gasteiger partial charge in [0.05, 0.1) is 6.10 Å². The van der Waals surface area contributed by atoms with Crippen molar-refractivity contribution in [1.29, 1.82) is 0 Å². The van der Waals surface area contributed by atoms with E-state index in [1.54, 1.807) is 0 Å². The summed E-state index contributed by atoms with van der Waals surface area (Å²) >= 11 is 0. The molecule has 2 atom stereocenters. The monoisotopic (exact) mass is 275 g/mol. The van der Waals surface area contributed by atoms with Crippen LogP contribution in [0.4, 0.5) is 0 Å². The third-order valence-electron chi connectivity index (χ3n) is 4.19. The minimum Gasteiger partial charge on any atom is -0.378 e. The molecule has 1 N–H and O–H groups in total. The molecule has 2 rings (SSSR count). The molecule has 1 aromatic carbocycles. The quantitative estimate of drug-likeness (QED) is 0.723. The predicted molar refractivity (Wildman–Crippen MR) is 85.3 cm³/mol. The molecule has 1 fully saturated rings. The van der Waals surface area contributed by atoms with Gasteiger partial charge in [0.15, 0.2) is 0 Å². The maximum atomic E-state index is 5.77. The van der Waals surface area contributed by atoms with Crippen LogP contribution in [0.2, 0.25) is 0 Å². The average Bonchev–Trinajstić information content (AvgIpc) is 2.96. The predicted octanol–water partition coefficient (Wildman–Crippen LogP) is 4.04. The zero-order valence-corrected chi connectivity index (χ0v) is 13.0. The molecule has 2 nitrogen and oxygen atoms in total. The van der Waals surface area contributed by atoms with Gasteiger partial charge < -0.3 is 10.1 Å². The lowest BCUT2D eigenvalue weighted by Crippen LogP contribution is -2.23. The van der Waals surface area contributed by atoms with Gasteiger partial charge in [-0.25, -0.2) is 0 Å². The van der Waals surface area contributed by atoms with Gasteiger partial charge >= 0.3 is 0 Å². The summed E-state index contributed by atoms with van der Waals surface area (Å²) in [7, 11) is 0. The molecule has 0 spiro atoms. The minimum atomic E-state index is 0.508. The highest BCUT2D eigenvalue weighted by molar-refractivity contribution is 5.25. The Morgan fingerprint density at radius 1 is 1.40 bits per heavy atom. The Kier molecular flexibility index (Phi) is 6.55. The first-order chi connectivity index (χ1) is 9.79. The Hall–Kier alpha value is -0.860. The highest BCUT2D eigenvalue weighted by atomic mass is 16.5. The van der Waals surface area contributed by atoms with E-state index in [-0.39, 0.29) is 0 Å². The van der Waals surface area contributed by atoms with Crippen LogP contribution in [0.3, 0.4) is 0 Å². The number of hydrogen-bond acceptors (Lipinski definition) is 2. The van der Waals surface area contributed by atoms with E-state index in [0.717, 1.165) is 19.7 Å². The van der Waals surface area contributed by atoms with Crippen LogP contribution in [0, 0.1) is 6.92 Å². The van der Waals surface area contributed by atoms with Crippen molar-refractivity contribution < 1.29 is 4.74 Å². The number of benzene rings is 1. The number of ether oxygens (including phenoxy) is 1. The lowest BCUT2D eigenvalue weighted by Gasteiger charge is -2.20. The van der Waals surface area contributed by atoms with E-state index in [2.05, 4.69) is 43.4 Å². The molecule has 0 aromatic heterocycles. The van der Waals surface area contributed by atoms with E-state index in [0.29, 0.717) is 12.0 Å². The van der Waals surface area contributed by atoms with E-state index < -0.39 is 0 Å². The fourth-order valence-electron chi connectivity index (χ4n) is 3.02. The largest absolute Gasteiger partial charge is 0.378 e. The Bertz CT molecular complexity index is 385. The molecule has 0 aliphatic carbocycles. The first kappa shape index (κ1) is 15.5. The molecule has 2 heteroatoms. The SMILES string of the molecule is CCCNCC(CCC1CCCO1)c1cccc(C)c1. The van der Waals surface area contributed by atoms with Gasteiger partial charge in [0.1, 0.15) is 0 Å². The summed E-state index contributed by atoms with van der Waals surface area (Å²) in [6.07, 6.45) is 6.63. The van der Waals surface area contributed by atoms with E-state index >= 15 is 0 Å². The van der Waals surface area contributed by atoms with E-state index in [1.807, 2.05) is 0 Å². The molecular weight excluding hydrogens is 246 g/mol. The molecule has 1 aliphatic heterocycles. The summed E-state index contributed by atoms with van der Waals surface area (Å²) in [5.41, 5.74) is 2.84. The average molecular weight is 275 g/mol. The van der Waals surface area contributed by atoms with Gasteiger partial charge in [0, 0.05) is 13.2 Å². The van der Waals surface area contributed by atoms with Crippen molar-refractivity contribution >= 4 is 0 Å². The summed E-state index contributed by atoms with van der Waals surface area (Å²) in [5, 5.41) is 3.59. The molecule has 0 bridgehead atoms. The van der Waals surface area contributed by atoms with Crippen LogP contribution in [-0.4, -0.2) is 25.8 Å². The van der Waals surface area contributed by atoms with Crippen LogP contribution in [0.15, 0.2) is 24.3 Å². The molecule has 0 amide bonds. The summed E-state index contributed by atoms with van der Waals surface area (Å²) in [6.45, 7) is 7.57. The number of nitrogens with one attached hydrogen (secondary N) is 1. The van der Waals surface area contributed by atoms with Crippen molar-refractivity contribution in [3.63, 3.8) is 0 Å². The summed E-state index contributed by atoms with van der Waals surface area (Å²) in [4.78, 5) is 0. The molecule has 1 saturated heterocycles. The van der Waals surface area contributed by atoms with Crippen LogP contribution in [0.1, 0.15) is 56.1 Å². The minimum absolute atomic E-state index is 0.508. The fourth-order valence-corrected chi connectivity index (χ4v) is 3.02. The second-order valence-corrected chi connectivity index (χ2v) is 6.03. The van der Waals surface area contributed by atoms with Crippen molar-refractivity contribution in [2.24, 2.45) is 0 Å². The Labute approximate surface area is 123 Å². The highest BCUT2D eigenvalue weighted by Crippen LogP contribution is 2.26. The maximum Gasteiger partial charge on any atom is 0.0576 e. The first-order valence-electron chi connectivity index (χ1n) is 8.18. The van der Waals surface area contributed by atoms with Crippen LogP contribution in [0.5, 0.6) is 0 Å². The van der Waals surface area contributed by atoms with Gasteiger partial charge in [-0.05, 0) is 57.1 Å². The topological polar surface area (TPSA) is 21.3 Å². The second-order valence-electron chi connectivity index (χ2n) is 6.03. The molecule has 0 radical (unpaired) electrons. The number of aryl methyl sites for hydroxylation is 1. The third kappa shape index (κ3) is 4.92. The maximum absolute atomic E-state index is 5.77. The van der Waals surface area contributed by atoms with Crippen molar-refractivity contribution in [1.82, 2.24) is 5.32 Å². The molecule has 1 aromatic rings. The highest BCUT2D eigenvalue weighted by Gasteiger charge is 2.18. The van der Waals surface area contributed by atoms with Gasteiger partial charge in [0.2, 0.25) is 0 Å². The van der Waals surface area contributed by atoms with Gasteiger partial charge in [-0.3, -0.25) is 0 Å². The van der Waals surface area contributed by atoms with Crippen molar-refractivity contribution in [3.8, 4) is 0 Å². The smallest absolute Gasteiger partial charge is 0.0576 e. The standard InChI is InChI=1S/C18H29NO/c1-3-11-19-14-17(9-10-18-8-5-12-20-18)16-7-4-6-15(2)13-16/h4,6-7,13,17-19H,3,5,8-12,14H2,1-2H3. The fraction of sp³-hybridized carbons (Fsp3) is 0.667. The van der Waals surface area contributed by atoms with Gasteiger partial charge in [0.25, 0.3) is 0 Å². The Morgan fingerprint density at radius 3 is 3.00 bits per heavy atom. The van der Waals surface area contributed by atoms with E-state index in [9.17, 15) is 0 Å². The summed E-state index contributed by atoms with van der Waals surface area (Å²) in [6, 6.07) is 8.98. The molecule has 2 unspecified atom stereocenters. The molecule has 1 heterocycles. The van der Waals surface area contributed by atoms with Crippen LogP contribution in [-0.2, 0) is 4.74 Å². The summed E-state index contributed by atoms with van der Waals surface area (Å²) < 4.78 is 5.77. The zero-order chi connectivity index (χ0) is 14.2. The normalized spacial score (nSPS) is 20.2. The van der Waals surface area contributed by atoms with Crippen molar-refractivity contribution in [3.05, 3.63) is 35.4 Å². The van der Waals surface area contributed by atoms with E-state index in [1.165, 1.54) is 43.2 Å². The van der Waals surface area contributed by atoms with Gasteiger partial charge in [-0.1, -0.05) is 36.8 Å². The lowest BCUT2D eigenvalue weighted by molar-refractivity contribution is 0.101.